The van der Waals surface area contributed by atoms with Gasteiger partial charge in [-0.3, -0.25) is 8.42 Å². The van der Waals surface area contributed by atoms with Crippen molar-refractivity contribution in [3.8, 4) is 0 Å². The Kier molecular flexibility index (Phi) is 22.7. The van der Waals surface area contributed by atoms with E-state index in [1.54, 1.807) is 0 Å². The molecule has 0 rings (SSSR count). The molecule has 0 saturated heterocycles. The van der Waals surface area contributed by atoms with Crippen LogP contribution in [0.5, 0.6) is 0 Å². The molecule has 0 aliphatic carbocycles. The number of rotatable bonds is 0. The summed E-state index contributed by atoms with van der Waals surface area (Å²) in [4.78, 5) is 0. The third-order valence-electron chi connectivity index (χ3n) is 0. The van der Waals surface area contributed by atoms with Crippen LogP contribution in [0.1, 0.15) is 0 Å². The molecule has 0 radical (unpaired) electrons. The summed E-state index contributed by atoms with van der Waals surface area (Å²) >= 11 is 0. The molecule has 0 aliphatic heterocycles. The number of quaternary nitrogens is 1. The summed E-state index contributed by atoms with van der Waals surface area (Å²) in [6.45, 7) is 0. The maximum Gasteiger partial charge on any atom is 1.00 e. The fraction of sp³-hybridized carbons (Fsp3) is 0. The molecule has 66 valence electrons. The minimum atomic E-state index is -5.17. The van der Waals surface area contributed by atoms with Crippen molar-refractivity contribution in [1.29, 1.82) is 0 Å². The van der Waals surface area contributed by atoms with Gasteiger partial charge in [-0.2, -0.15) is 0 Å². The van der Waals surface area contributed by atoms with Gasteiger partial charge in [0, 0.05) is 15.1 Å². The standard InChI is InChI=1S/ClHO3.H3N.Na.H2O4S/c2-1(3)4;;;1-5(2,3)4/h2H;1H3;;(H2,1,2,3,4)/q;;+1;/p-1. The molecular formula is H5ClNNaO7S. The molecule has 11 heavy (non-hydrogen) atoms. The van der Waals surface area contributed by atoms with E-state index in [0.29, 0.717) is 0 Å². The van der Waals surface area contributed by atoms with E-state index in [4.69, 9.17) is 31.5 Å². The van der Waals surface area contributed by atoms with Crippen molar-refractivity contribution in [3.63, 3.8) is 0 Å². The van der Waals surface area contributed by atoms with Crippen molar-refractivity contribution in [2.75, 3.05) is 0 Å². The minimum absolute atomic E-state index is 0. The Morgan fingerprint density at radius 1 is 1.18 bits per heavy atom. The molecule has 5 N–H and O–H groups in total. The summed E-state index contributed by atoms with van der Waals surface area (Å²) < 4.78 is 58.1. The van der Waals surface area contributed by atoms with Gasteiger partial charge in [0.15, 0.2) is 0 Å². The molecule has 8 nitrogen and oxygen atoms in total. The fourth-order valence-electron chi connectivity index (χ4n) is 0. The minimum Gasteiger partial charge on any atom is -0.759 e. The smallest absolute Gasteiger partial charge is 0.759 e. The largest absolute Gasteiger partial charge is 1.00 e. The van der Waals surface area contributed by atoms with Gasteiger partial charge in [-0.25, -0.2) is 0 Å². The van der Waals surface area contributed by atoms with Gasteiger partial charge in [0.1, 0.15) is 0 Å². The average molecular weight is 222 g/mol. The number of halogens is 1. The van der Waals surface area contributed by atoms with Gasteiger partial charge < -0.3 is 24.6 Å². The second-order valence-corrected chi connectivity index (χ2v) is 1.83. The molecule has 0 aliphatic rings. The molecule has 0 bridgehead atoms. The Labute approximate surface area is 88.1 Å². The van der Waals surface area contributed by atoms with Crippen molar-refractivity contribution in [1.82, 2.24) is 6.15 Å². The van der Waals surface area contributed by atoms with E-state index < -0.39 is 21.2 Å². The molecule has 11 heteroatoms. The van der Waals surface area contributed by atoms with Crippen LogP contribution in [-0.4, -0.2) is 22.2 Å². The van der Waals surface area contributed by atoms with Crippen LogP contribution in [0.3, 0.4) is 0 Å². The van der Waals surface area contributed by atoms with Crippen molar-refractivity contribution >= 4 is 10.4 Å². The molecule has 0 spiro atoms. The predicted molar refractivity (Wildman–Crippen MR) is 18.7 cm³/mol. The van der Waals surface area contributed by atoms with Gasteiger partial charge >= 0.3 is 29.6 Å². The second-order valence-electron chi connectivity index (χ2n) is 0.609. The van der Waals surface area contributed by atoms with Crippen molar-refractivity contribution in [2.24, 2.45) is 0 Å². The Morgan fingerprint density at radius 2 is 1.18 bits per heavy atom. The number of hydrogen-bond donors (Lipinski definition) is 2. The summed E-state index contributed by atoms with van der Waals surface area (Å²) in [5, 5.41) is 0. The van der Waals surface area contributed by atoms with Crippen LogP contribution in [0, 0.1) is 10.8 Å². The second kappa shape index (κ2) is 11.0. The van der Waals surface area contributed by atoms with E-state index in [2.05, 4.69) is 0 Å². The molecular weight excluding hydrogens is 217 g/mol. The molecule has 0 aromatic heterocycles. The third kappa shape index (κ3) is 891. The van der Waals surface area contributed by atoms with E-state index in [9.17, 15) is 0 Å². The molecule has 0 aromatic rings. The van der Waals surface area contributed by atoms with Gasteiger partial charge in [0.2, 0.25) is 0 Å². The van der Waals surface area contributed by atoms with Gasteiger partial charge in [-0.05, 0) is 0 Å². The first-order valence-electron chi connectivity index (χ1n) is 1.14. The maximum atomic E-state index is 8.52. The summed E-state index contributed by atoms with van der Waals surface area (Å²) in [7, 11) is -7.77. The van der Waals surface area contributed by atoms with Crippen LogP contribution >= 0.6 is 0 Å². The van der Waals surface area contributed by atoms with Crippen LogP contribution < -0.4 is 45.0 Å². The Hall–Kier alpha value is 1.000. The van der Waals surface area contributed by atoms with Crippen LogP contribution in [0.15, 0.2) is 0 Å². The van der Waals surface area contributed by atoms with Crippen molar-refractivity contribution in [2.45, 2.75) is 0 Å². The quantitative estimate of drug-likeness (QED) is 0.231. The van der Waals surface area contributed by atoms with E-state index in [0.717, 1.165) is 0 Å². The number of hydrogen-bond acceptors (Lipinski definition) is 7. The zero-order valence-corrected chi connectivity index (χ0v) is 9.26. The zero-order valence-electron chi connectivity index (χ0n) is 5.68. The van der Waals surface area contributed by atoms with E-state index in [-0.39, 0.29) is 35.7 Å². The van der Waals surface area contributed by atoms with Crippen molar-refractivity contribution < 1.29 is 71.8 Å². The van der Waals surface area contributed by atoms with Gasteiger partial charge in [-0.15, -0.1) is 0 Å². The molecule has 0 saturated carbocycles. The SMILES string of the molecule is O=S(=O)([O-])[O-].[NH4+].[Na+].[O-][Cl+2]([O-])O. The third-order valence-corrected chi connectivity index (χ3v) is 0. The Bertz CT molecular complexity index is 130. The van der Waals surface area contributed by atoms with Crippen LogP contribution in [0.2, 0.25) is 0 Å². The van der Waals surface area contributed by atoms with Gasteiger partial charge in [0.25, 0.3) is 10.8 Å². The summed E-state index contributed by atoms with van der Waals surface area (Å²) in [6.07, 6.45) is 0. The van der Waals surface area contributed by atoms with Gasteiger partial charge in [0.05, 0.1) is 0 Å². The van der Waals surface area contributed by atoms with E-state index in [1.807, 2.05) is 0 Å². The topological polar surface area (TPSA) is 183 Å². The molecule has 0 unspecified atom stereocenters. The zero-order chi connectivity index (χ0) is 8.08. The monoisotopic (exact) mass is 221 g/mol. The van der Waals surface area contributed by atoms with Crippen LogP contribution in [0.25, 0.3) is 0 Å². The molecule has 0 atom stereocenters. The first-order chi connectivity index (χ1) is 3.73. The van der Waals surface area contributed by atoms with Crippen molar-refractivity contribution in [3.05, 3.63) is 0 Å². The van der Waals surface area contributed by atoms with Crippen LogP contribution in [-0.2, 0) is 10.4 Å². The summed E-state index contributed by atoms with van der Waals surface area (Å²) in [5.41, 5.74) is 0. The van der Waals surface area contributed by atoms with E-state index in [1.165, 1.54) is 0 Å². The Balaban J connectivity index is -0.0000000383. The van der Waals surface area contributed by atoms with Gasteiger partial charge in [-0.1, -0.05) is 0 Å². The Morgan fingerprint density at radius 3 is 1.18 bits per heavy atom. The molecule has 0 aromatic carbocycles. The fourth-order valence-corrected chi connectivity index (χ4v) is 0. The van der Waals surface area contributed by atoms with Crippen LogP contribution in [0.4, 0.5) is 0 Å². The molecule has 0 amide bonds. The molecule has 0 fully saturated rings. The maximum absolute atomic E-state index is 8.52. The summed E-state index contributed by atoms with van der Waals surface area (Å²) in [6, 6.07) is 0. The predicted octanol–water partition coefficient (Wildman–Crippen LogP) is -6.89. The first kappa shape index (κ1) is 22.7. The first-order valence-corrected chi connectivity index (χ1v) is 3.43. The summed E-state index contributed by atoms with van der Waals surface area (Å²) in [5.74, 6) is 0. The molecule has 0 heterocycles. The van der Waals surface area contributed by atoms with E-state index >= 15 is 0 Å². The average Bonchev–Trinajstić information content (AvgIpc) is 1.19. The normalized spacial score (nSPS) is 8.55.